The van der Waals surface area contributed by atoms with Gasteiger partial charge >= 0.3 is 0 Å². The van der Waals surface area contributed by atoms with Crippen molar-refractivity contribution >= 4 is 11.6 Å². The molecule has 0 spiro atoms. The van der Waals surface area contributed by atoms with Crippen molar-refractivity contribution in [3.63, 3.8) is 0 Å². The van der Waals surface area contributed by atoms with Gasteiger partial charge in [0.15, 0.2) is 5.78 Å². The van der Waals surface area contributed by atoms with Crippen molar-refractivity contribution in [1.29, 1.82) is 0 Å². The van der Waals surface area contributed by atoms with Crippen molar-refractivity contribution in [2.45, 2.75) is 64.7 Å². The minimum Gasteiger partial charge on any atom is -0.299 e. The van der Waals surface area contributed by atoms with Crippen LogP contribution in [0.5, 0.6) is 0 Å². The zero-order valence-electron chi connectivity index (χ0n) is 14.1. The molecule has 4 aliphatic rings. The molecular weight excluding hydrogens is 284 g/mol. The Morgan fingerprint density at radius 2 is 1.96 bits per heavy atom. The lowest BCUT2D eigenvalue weighted by molar-refractivity contribution is -0.132. The van der Waals surface area contributed by atoms with Gasteiger partial charge in [0.2, 0.25) is 0 Å². The first kappa shape index (κ1) is 15.2. The maximum atomic E-state index is 12.4. The van der Waals surface area contributed by atoms with Crippen LogP contribution in [-0.4, -0.2) is 11.6 Å². The monoisotopic (exact) mass is 310 g/mol. The smallest absolute Gasteiger partial charge is 0.155 e. The molecule has 0 saturated heterocycles. The molecule has 0 N–H and O–H groups in total. The van der Waals surface area contributed by atoms with E-state index in [4.69, 9.17) is 6.42 Å². The van der Waals surface area contributed by atoms with E-state index in [0.717, 1.165) is 51.4 Å². The summed E-state index contributed by atoms with van der Waals surface area (Å²) in [6.07, 6.45) is 16.1. The van der Waals surface area contributed by atoms with E-state index < -0.39 is 0 Å². The fourth-order valence-corrected chi connectivity index (χ4v) is 6.65. The standard InChI is InChI=1S/C21H26O2/c1-3-10-21-12-8-15(22)13-14(21)4-5-16-17-6-7-19(23)20(17,2)11-9-18(16)21/h1,13,16-18H,4-12H2,2H3/t16?,17?,18?,20-,21-/m0/s1. The maximum absolute atomic E-state index is 12.4. The molecule has 23 heavy (non-hydrogen) atoms. The molecule has 2 heteroatoms. The number of hydrogen-bond acceptors (Lipinski definition) is 2. The van der Waals surface area contributed by atoms with Gasteiger partial charge in [-0.2, -0.15) is 0 Å². The van der Waals surface area contributed by atoms with Gasteiger partial charge in [-0.25, -0.2) is 0 Å². The van der Waals surface area contributed by atoms with Crippen LogP contribution in [0, 0.1) is 40.9 Å². The number of Topliss-reactive ketones (excluding diaryl/α,β-unsaturated/α-hetero) is 1. The van der Waals surface area contributed by atoms with E-state index in [2.05, 4.69) is 12.8 Å². The van der Waals surface area contributed by atoms with Crippen LogP contribution in [0.4, 0.5) is 0 Å². The van der Waals surface area contributed by atoms with Gasteiger partial charge in [0.05, 0.1) is 0 Å². The molecule has 2 nitrogen and oxygen atoms in total. The summed E-state index contributed by atoms with van der Waals surface area (Å²) in [6, 6.07) is 0. The average Bonchev–Trinajstić information content (AvgIpc) is 2.84. The van der Waals surface area contributed by atoms with Gasteiger partial charge < -0.3 is 0 Å². The summed E-state index contributed by atoms with van der Waals surface area (Å²) in [5.74, 6) is 5.45. The highest BCUT2D eigenvalue weighted by Crippen LogP contribution is 2.65. The number of ketones is 2. The summed E-state index contributed by atoms with van der Waals surface area (Å²) < 4.78 is 0. The Morgan fingerprint density at radius 1 is 1.13 bits per heavy atom. The Kier molecular flexibility index (Phi) is 3.34. The lowest BCUT2D eigenvalue weighted by Gasteiger charge is -2.57. The summed E-state index contributed by atoms with van der Waals surface area (Å²) >= 11 is 0. The lowest BCUT2D eigenvalue weighted by Crippen LogP contribution is -2.51. The van der Waals surface area contributed by atoms with Crippen LogP contribution in [0.15, 0.2) is 11.6 Å². The first-order valence-electron chi connectivity index (χ1n) is 9.22. The predicted octanol–water partition coefficient (Wildman–Crippen LogP) is 4.09. The molecule has 3 fully saturated rings. The second-order valence-corrected chi connectivity index (χ2v) is 8.51. The van der Waals surface area contributed by atoms with Crippen molar-refractivity contribution in [2.75, 3.05) is 0 Å². The van der Waals surface area contributed by atoms with Crippen molar-refractivity contribution in [3.05, 3.63) is 11.6 Å². The Morgan fingerprint density at radius 3 is 2.74 bits per heavy atom. The van der Waals surface area contributed by atoms with Gasteiger partial charge in [-0.05, 0) is 62.4 Å². The number of carbonyl (C=O) groups excluding carboxylic acids is 2. The normalized spacial score (nSPS) is 45.6. The molecular formula is C21H26O2. The van der Waals surface area contributed by atoms with Crippen LogP contribution in [-0.2, 0) is 9.59 Å². The molecule has 5 atom stereocenters. The second-order valence-electron chi connectivity index (χ2n) is 8.51. The summed E-state index contributed by atoms with van der Waals surface area (Å²) in [5.41, 5.74) is 1.31. The van der Waals surface area contributed by atoms with E-state index in [9.17, 15) is 9.59 Å². The fourth-order valence-electron chi connectivity index (χ4n) is 6.65. The molecule has 4 aliphatic carbocycles. The van der Waals surface area contributed by atoms with Crippen molar-refractivity contribution < 1.29 is 9.59 Å². The fraction of sp³-hybridized carbons (Fsp3) is 0.714. The molecule has 3 saturated carbocycles. The van der Waals surface area contributed by atoms with Gasteiger partial charge in [-0.15, -0.1) is 12.3 Å². The highest BCUT2D eigenvalue weighted by molar-refractivity contribution is 5.91. The van der Waals surface area contributed by atoms with Gasteiger partial charge in [-0.1, -0.05) is 12.5 Å². The molecule has 0 aromatic rings. The van der Waals surface area contributed by atoms with E-state index in [1.165, 1.54) is 5.57 Å². The third-order valence-electron chi connectivity index (χ3n) is 7.81. The number of rotatable bonds is 1. The zero-order chi connectivity index (χ0) is 16.2. The van der Waals surface area contributed by atoms with Gasteiger partial charge in [-0.3, -0.25) is 9.59 Å². The van der Waals surface area contributed by atoms with Gasteiger partial charge in [0.25, 0.3) is 0 Å². The molecule has 4 rings (SSSR count). The van der Waals surface area contributed by atoms with E-state index in [0.29, 0.717) is 30.0 Å². The van der Waals surface area contributed by atoms with Gasteiger partial charge in [0, 0.05) is 30.1 Å². The number of hydrogen-bond donors (Lipinski definition) is 0. The van der Waals surface area contributed by atoms with E-state index in [-0.39, 0.29) is 16.6 Å². The molecule has 0 heterocycles. The number of terminal acetylenes is 1. The largest absolute Gasteiger partial charge is 0.299 e. The Balaban J connectivity index is 1.74. The summed E-state index contributed by atoms with van der Waals surface area (Å²) in [5, 5.41) is 0. The molecule has 122 valence electrons. The third kappa shape index (κ3) is 1.95. The number of fused-ring (bicyclic) bond motifs is 5. The molecule has 0 aromatic heterocycles. The Hall–Kier alpha value is -1.36. The topological polar surface area (TPSA) is 34.1 Å². The van der Waals surface area contributed by atoms with Crippen LogP contribution >= 0.6 is 0 Å². The highest BCUT2D eigenvalue weighted by Gasteiger charge is 2.59. The predicted molar refractivity (Wildman–Crippen MR) is 89.5 cm³/mol. The molecule has 0 bridgehead atoms. The molecule has 0 amide bonds. The Bertz CT molecular complexity index is 637. The maximum Gasteiger partial charge on any atom is 0.155 e. The molecule has 0 aromatic carbocycles. The summed E-state index contributed by atoms with van der Waals surface area (Å²) in [4.78, 5) is 24.4. The van der Waals surface area contributed by atoms with E-state index in [1.54, 1.807) is 0 Å². The minimum absolute atomic E-state index is 0.0541. The van der Waals surface area contributed by atoms with Crippen molar-refractivity contribution in [2.24, 2.45) is 28.6 Å². The van der Waals surface area contributed by atoms with E-state index >= 15 is 0 Å². The SMILES string of the molecule is C#CC[C@]12CCC(=O)C=C1CCC1C2CC[C@]2(C)C(=O)CCC12. The minimum atomic E-state index is -0.0792. The summed E-state index contributed by atoms with van der Waals surface area (Å²) in [6.45, 7) is 2.22. The molecule has 0 aliphatic heterocycles. The van der Waals surface area contributed by atoms with Crippen LogP contribution in [0.3, 0.4) is 0 Å². The van der Waals surface area contributed by atoms with Gasteiger partial charge in [0.1, 0.15) is 5.78 Å². The summed E-state index contributed by atoms with van der Waals surface area (Å²) in [7, 11) is 0. The molecule has 3 unspecified atom stereocenters. The van der Waals surface area contributed by atoms with Crippen molar-refractivity contribution in [3.8, 4) is 12.3 Å². The number of allylic oxidation sites excluding steroid dienone is 1. The zero-order valence-corrected chi connectivity index (χ0v) is 14.1. The number of carbonyl (C=O) groups is 2. The van der Waals surface area contributed by atoms with Crippen LogP contribution in [0.25, 0.3) is 0 Å². The average molecular weight is 310 g/mol. The molecule has 0 radical (unpaired) electrons. The quantitative estimate of drug-likeness (QED) is 0.684. The Labute approximate surface area is 139 Å². The second kappa shape index (κ2) is 5.07. The van der Waals surface area contributed by atoms with Crippen LogP contribution in [0.1, 0.15) is 64.7 Å². The van der Waals surface area contributed by atoms with Crippen molar-refractivity contribution in [1.82, 2.24) is 0 Å². The highest BCUT2D eigenvalue weighted by atomic mass is 16.1. The first-order valence-corrected chi connectivity index (χ1v) is 9.22. The first-order chi connectivity index (χ1) is 11.0. The van der Waals surface area contributed by atoms with E-state index in [1.807, 2.05) is 6.08 Å². The lowest BCUT2D eigenvalue weighted by atomic mass is 9.46. The van der Waals surface area contributed by atoms with Crippen LogP contribution < -0.4 is 0 Å². The van der Waals surface area contributed by atoms with Crippen LogP contribution in [0.2, 0.25) is 0 Å². The third-order valence-corrected chi connectivity index (χ3v) is 7.81.